The topological polar surface area (TPSA) is 66.8 Å². The summed E-state index contributed by atoms with van der Waals surface area (Å²) < 4.78 is 5.94. The van der Waals surface area contributed by atoms with Gasteiger partial charge in [0, 0.05) is 18.2 Å². The lowest BCUT2D eigenvalue weighted by Crippen LogP contribution is -2.37. The van der Waals surface area contributed by atoms with E-state index in [1.807, 2.05) is 24.3 Å². The van der Waals surface area contributed by atoms with Gasteiger partial charge in [-0.1, -0.05) is 20.8 Å². The molecule has 28 heavy (non-hydrogen) atoms. The van der Waals surface area contributed by atoms with Crippen LogP contribution >= 0.6 is 0 Å². The molecule has 4 rings (SSSR count). The average Bonchev–Trinajstić information content (AvgIpc) is 3.16. The van der Waals surface area contributed by atoms with Crippen molar-refractivity contribution in [2.75, 3.05) is 6.54 Å². The highest BCUT2D eigenvalue weighted by Gasteiger charge is 2.51. The maximum Gasteiger partial charge on any atom is 0.306 e. The third-order valence-corrected chi connectivity index (χ3v) is 6.81. The average molecular weight is 386 g/mol. The van der Waals surface area contributed by atoms with E-state index >= 15 is 0 Å². The number of fused-ring (bicyclic) bond motifs is 2. The Hall–Kier alpha value is -2.04. The van der Waals surface area contributed by atoms with Gasteiger partial charge in [0.15, 0.2) is 0 Å². The molecule has 1 saturated heterocycles. The molecule has 3 aliphatic rings. The van der Waals surface area contributed by atoms with Crippen molar-refractivity contribution in [1.29, 1.82) is 0 Å². The van der Waals surface area contributed by atoms with Crippen molar-refractivity contribution >= 4 is 11.9 Å². The van der Waals surface area contributed by atoms with E-state index in [2.05, 4.69) is 25.7 Å². The van der Waals surface area contributed by atoms with Gasteiger partial charge in [-0.15, -0.1) is 0 Å². The summed E-state index contributed by atoms with van der Waals surface area (Å²) in [7, 11) is 0. The monoisotopic (exact) mass is 385 g/mol. The van der Waals surface area contributed by atoms with Crippen molar-refractivity contribution < 1.29 is 19.4 Å². The van der Waals surface area contributed by atoms with E-state index in [1.54, 1.807) is 0 Å². The van der Waals surface area contributed by atoms with Crippen molar-refractivity contribution in [2.24, 2.45) is 16.7 Å². The first-order chi connectivity index (χ1) is 13.1. The van der Waals surface area contributed by atoms with E-state index in [1.165, 1.54) is 6.42 Å². The summed E-state index contributed by atoms with van der Waals surface area (Å²) in [5.41, 5.74) is 1.23. The van der Waals surface area contributed by atoms with E-state index in [0.717, 1.165) is 25.8 Å². The number of benzene rings is 1. The molecule has 2 aliphatic carbocycles. The van der Waals surface area contributed by atoms with Gasteiger partial charge in [-0.3, -0.25) is 9.59 Å². The minimum atomic E-state index is -0.736. The standard InChI is InChI=1S/C23H31NO4/c1-22(2)11-17-12-23(3,13-22)14-24(17)20(25)15-4-7-18(8-5-15)28-19-9-6-16(10-19)21(26)27/h4-5,7-8,16-17,19H,6,9-14H2,1-3H3,(H,26,27). The largest absolute Gasteiger partial charge is 0.490 e. The lowest BCUT2D eigenvalue weighted by molar-refractivity contribution is -0.141. The Morgan fingerprint density at radius 1 is 1.11 bits per heavy atom. The van der Waals surface area contributed by atoms with Gasteiger partial charge in [0.05, 0.1) is 12.0 Å². The van der Waals surface area contributed by atoms with E-state index < -0.39 is 5.97 Å². The van der Waals surface area contributed by atoms with Gasteiger partial charge >= 0.3 is 5.97 Å². The van der Waals surface area contributed by atoms with Crippen LogP contribution in [0.3, 0.4) is 0 Å². The molecule has 0 aromatic heterocycles. The van der Waals surface area contributed by atoms with Crippen LogP contribution in [0, 0.1) is 16.7 Å². The van der Waals surface area contributed by atoms with Crippen LogP contribution in [0.1, 0.15) is 69.7 Å². The number of aliphatic carboxylic acids is 1. The Balaban J connectivity index is 1.40. The smallest absolute Gasteiger partial charge is 0.306 e. The predicted octanol–water partition coefficient (Wildman–Crippen LogP) is 4.36. The summed E-state index contributed by atoms with van der Waals surface area (Å²) in [6, 6.07) is 7.71. The molecule has 5 heteroatoms. The van der Waals surface area contributed by atoms with Crippen LogP contribution in [0.25, 0.3) is 0 Å². The molecule has 4 unspecified atom stereocenters. The van der Waals surface area contributed by atoms with E-state index in [-0.39, 0.29) is 23.3 Å². The summed E-state index contributed by atoms with van der Waals surface area (Å²) in [5, 5.41) is 9.12. The molecule has 0 radical (unpaired) electrons. The number of hydrogen-bond acceptors (Lipinski definition) is 3. The van der Waals surface area contributed by atoms with E-state index in [9.17, 15) is 9.59 Å². The third-order valence-electron chi connectivity index (χ3n) is 6.81. The van der Waals surface area contributed by atoms with Gasteiger partial charge < -0.3 is 14.7 Å². The Morgan fingerprint density at radius 3 is 2.46 bits per heavy atom. The molecular formula is C23H31NO4. The van der Waals surface area contributed by atoms with Crippen molar-refractivity contribution in [3.8, 4) is 5.75 Å². The molecule has 1 amide bonds. The van der Waals surface area contributed by atoms with Crippen molar-refractivity contribution in [3.63, 3.8) is 0 Å². The van der Waals surface area contributed by atoms with Crippen molar-refractivity contribution in [2.45, 2.75) is 71.4 Å². The second-order valence-corrected chi connectivity index (χ2v) is 10.3. The lowest BCUT2D eigenvalue weighted by Gasteiger charge is -2.39. The minimum absolute atomic E-state index is 0.0531. The summed E-state index contributed by atoms with van der Waals surface area (Å²) in [6.07, 6.45) is 5.29. The van der Waals surface area contributed by atoms with Crippen LogP contribution in [0.5, 0.6) is 5.75 Å². The zero-order valence-corrected chi connectivity index (χ0v) is 17.1. The van der Waals surface area contributed by atoms with Gasteiger partial charge in [0.1, 0.15) is 5.75 Å². The number of carboxylic acids is 1. The minimum Gasteiger partial charge on any atom is -0.490 e. The summed E-state index contributed by atoms with van der Waals surface area (Å²) in [6.45, 7) is 7.79. The zero-order chi connectivity index (χ0) is 20.1. The molecule has 1 aromatic carbocycles. The van der Waals surface area contributed by atoms with Gasteiger partial charge in [-0.2, -0.15) is 0 Å². The number of carboxylic acid groups (broad SMARTS) is 1. The van der Waals surface area contributed by atoms with Crippen LogP contribution in [0.2, 0.25) is 0 Å². The molecule has 3 fully saturated rings. The fourth-order valence-electron chi connectivity index (χ4n) is 6.00. The summed E-state index contributed by atoms with van der Waals surface area (Å²) in [4.78, 5) is 26.3. The lowest BCUT2D eigenvalue weighted by atomic mass is 9.65. The predicted molar refractivity (Wildman–Crippen MR) is 106 cm³/mol. The highest BCUT2D eigenvalue weighted by molar-refractivity contribution is 5.94. The van der Waals surface area contributed by atoms with Crippen molar-refractivity contribution in [3.05, 3.63) is 29.8 Å². The van der Waals surface area contributed by atoms with Gasteiger partial charge in [0.2, 0.25) is 0 Å². The first-order valence-corrected chi connectivity index (χ1v) is 10.4. The summed E-state index contributed by atoms with van der Waals surface area (Å²) in [5.74, 6) is -0.212. The van der Waals surface area contributed by atoms with Crippen molar-refractivity contribution in [1.82, 2.24) is 4.90 Å². The Kier molecular flexibility index (Phi) is 4.67. The molecule has 0 spiro atoms. The first kappa shape index (κ1) is 19.3. The molecule has 1 N–H and O–H groups in total. The number of carbonyl (C=O) groups is 2. The molecule has 2 bridgehead atoms. The number of amides is 1. The number of likely N-dealkylation sites (tertiary alicyclic amines) is 1. The number of hydrogen-bond donors (Lipinski definition) is 1. The number of carbonyl (C=O) groups excluding carboxylic acids is 1. The molecule has 1 aliphatic heterocycles. The molecule has 5 nitrogen and oxygen atoms in total. The second kappa shape index (κ2) is 6.78. The van der Waals surface area contributed by atoms with Crippen LogP contribution in [0.4, 0.5) is 0 Å². The third kappa shape index (κ3) is 3.76. The molecule has 4 atom stereocenters. The van der Waals surface area contributed by atoms with Crippen LogP contribution in [-0.4, -0.2) is 40.6 Å². The van der Waals surface area contributed by atoms with Crippen LogP contribution in [0.15, 0.2) is 24.3 Å². The molecule has 152 valence electrons. The van der Waals surface area contributed by atoms with Gasteiger partial charge in [-0.05, 0) is 73.6 Å². The zero-order valence-electron chi connectivity index (χ0n) is 17.1. The fourth-order valence-corrected chi connectivity index (χ4v) is 6.00. The fraction of sp³-hybridized carbons (Fsp3) is 0.652. The molecule has 1 aromatic rings. The normalized spacial score (nSPS) is 33.7. The van der Waals surface area contributed by atoms with E-state index in [4.69, 9.17) is 9.84 Å². The van der Waals surface area contributed by atoms with E-state index in [0.29, 0.717) is 35.6 Å². The van der Waals surface area contributed by atoms with Crippen LogP contribution < -0.4 is 4.74 Å². The molecule has 1 heterocycles. The summed E-state index contributed by atoms with van der Waals surface area (Å²) >= 11 is 0. The quantitative estimate of drug-likeness (QED) is 0.836. The maximum atomic E-state index is 13.1. The Labute approximate surface area is 167 Å². The first-order valence-electron chi connectivity index (χ1n) is 10.4. The highest BCUT2D eigenvalue weighted by Crippen LogP contribution is 2.52. The maximum absolute atomic E-state index is 13.1. The van der Waals surface area contributed by atoms with Gasteiger partial charge in [-0.25, -0.2) is 0 Å². The van der Waals surface area contributed by atoms with Gasteiger partial charge in [0.25, 0.3) is 5.91 Å². The second-order valence-electron chi connectivity index (χ2n) is 10.3. The number of nitrogens with zero attached hydrogens (tertiary/aromatic N) is 1. The molecule has 2 saturated carbocycles. The molecular weight excluding hydrogens is 354 g/mol. The highest BCUT2D eigenvalue weighted by atomic mass is 16.5. The number of rotatable bonds is 4. The number of ether oxygens (including phenoxy) is 1. The Morgan fingerprint density at radius 2 is 1.82 bits per heavy atom. The Bertz CT molecular complexity index is 771. The van der Waals surface area contributed by atoms with Crippen LogP contribution in [-0.2, 0) is 4.79 Å². The SMILES string of the molecule is CC1(C)CC2CC(C)(CN2C(=O)c2ccc(OC3CCC(C(=O)O)C3)cc2)C1.